The molecule has 0 saturated carbocycles. The van der Waals surface area contributed by atoms with Gasteiger partial charge in [0.1, 0.15) is 0 Å². The number of esters is 1. The molecule has 1 amide bonds. The van der Waals surface area contributed by atoms with Gasteiger partial charge >= 0.3 is 18.1 Å². The molecule has 11 heteroatoms. The van der Waals surface area contributed by atoms with E-state index in [-0.39, 0.29) is 11.9 Å². The number of methoxy groups -OCH3 is 1. The van der Waals surface area contributed by atoms with Gasteiger partial charge in [-0.25, -0.2) is 9.59 Å². The van der Waals surface area contributed by atoms with Gasteiger partial charge in [0.15, 0.2) is 0 Å². The number of hydrogen-bond donors (Lipinski definition) is 3. The van der Waals surface area contributed by atoms with Crippen LogP contribution in [0.3, 0.4) is 0 Å². The third-order valence-electron chi connectivity index (χ3n) is 5.68. The number of carbonyl (C=O) groups is 3. The molecule has 0 bridgehead atoms. The number of benzene rings is 2. The number of aromatic nitrogens is 2. The van der Waals surface area contributed by atoms with E-state index < -0.39 is 12.1 Å². The molecule has 8 nitrogen and oxygen atoms in total. The van der Waals surface area contributed by atoms with Crippen LogP contribution < -0.4 is 5.32 Å². The molecule has 0 unspecified atom stereocenters. The third-order valence-corrected chi connectivity index (χ3v) is 5.68. The number of rotatable bonds is 3. The summed E-state index contributed by atoms with van der Waals surface area (Å²) >= 11 is 0. The standard InChI is InChI=1S/C24H19N3O3.C2HF3O2/c1-30-24(29)18-5-3-14-10-16(4-2-15(14)11-18)21-12-17(6-8-25-21)22-13-19-20(27-22)7-9-26-23(19)28;3-2(4,5)1(6)7/h2-6,8,10-13,27H,7,9H2,1H3,(H,26,28);(H,6,7). The molecule has 0 fully saturated rings. The number of fused-ring (bicyclic) bond motifs is 2. The van der Waals surface area contributed by atoms with Crippen molar-refractivity contribution in [1.29, 1.82) is 0 Å². The minimum atomic E-state index is -5.08. The molecule has 0 aliphatic carbocycles. The molecule has 0 atom stereocenters. The Morgan fingerprint density at radius 1 is 1.00 bits per heavy atom. The molecular weight excluding hydrogens is 491 g/mol. The van der Waals surface area contributed by atoms with Crippen molar-refractivity contribution in [3.8, 4) is 22.5 Å². The van der Waals surface area contributed by atoms with Crippen LogP contribution in [0, 0.1) is 0 Å². The first-order valence-electron chi connectivity index (χ1n) is 11.0. The number of carboxylic acids is 1. The number of halogens is 3. The summed E-state index contributed by atoms with van der Waals surface area (Å²) in [6.07, 6.45) is -2.51. The average Bonchev–Trinajstić information content (AvgIpc) is 3.33. The van der Waals surface area contributed by atoms with E-state index in [4.69, 9.17) is 14.6 Å². The summed E-state index contributed by atoms with van der Waals surface area (Å²) in [6.45, 7) is 0.655. The number of aromatic amines is 1. The highest BCUT2D eigenvalue weighted by Crippen LogP contribution is 2.29. The topological polar surface area (TPSA) is 121 Å². The van der Waals surface area contributed by atoms with Gasteiger partial charge in [0, 0.05) is 41.7 Å². The summed E-state index contributed by atoms with van der Waals surface area (Å²) in [5.41, 5.74) is 5.90. The molecule has 5 rings (SSSR count). The number of nitrogens with zero attached hydrogens (tertiary/aromatic N) is 1. The van der Waals surface area contributed by atoms with Crippen LogP contribution in [0.2, 0.25) is 0 Å². The highest BCUT2D eigenvalue weighted by atomic mass is 19.4. The van der Waals surface area contributed by atoms with Gasteiger partial charge in [0.2, 0.25) is 0 Å². The van der Waals surface area contributed by atoms with E-state index in [1.54, 1.807) is 12.3 Å². The summed E-state index contributed by atoms with van der Waals surface area (Å²) in [5, 5.41) is 12.0. The number of carboxylic acid groups (broad SMARTS) is 1. The zero-order chi connectivity index (χ0) is 26.7. The molecule has 2 aromatic heterocycles. The lowest BCUT2D eigenvalue weighted by atomic mass is 10.0. The zero-order valence-corrected chi connectivity index (χ0v) is 19.3. The Morgan fingerprint density at radius 3 is 2.38 bits per heavy atom. The minimum Gasteiger partial charge on any atom is -0.475 e. The molecule has 3 N–H and O–H groups in total. The number of hydrogen-bond acceptors (Lipinski definition) is 5. The fraction of sp³-hybridized carbons (Fsp3) is 0.154. The lowest BCUT2D eigenvalue weighted by Gasteiger charge is -2.11. The zero-order valence-electron chi connectivity index (χ0n) is 19.3. The normalized spacial score (nSPS) is 12.7. The van der Waals surface area contributed by atoms with Crippen molar-refractivity contribution in [2.75, 3.05) is 13.7 Å². The molecule has 4 aromatic rings. The fourth-order valence-electron chi connectivity index (χ4n) is 3.85. The van der Waals surface area contributed by atoms with Crippen LogP contribution in [0.5, 0.6) is 0 Å². The van der Waals surface area contributed by atoms with Gasteiger partial charge < -0.3 is 20.1 Å². The van der Waals surface area contributed by atoms with E-state index in [1.807, 2.05) is 42.5 Å². The van der Waals surface area contributed by atoms with Crippen LogP contribution in [0.4, 0.5) is 13.2 Å². The number of pyridine rings is 1. The maximum Gasteiger partial charge on any atom is 0.490 e. The quantitative estimate of drug-likeness (QED) is 0.346. The van der Waals surface area contributed by atoms with E-state index in [0.29, 0.717) is 17.7 Å². The summed E-state index contributed by atoms with van der Waals surface area (Å²) in [5.74, 6) is -3.14. The number of carbonyl (C=O) groups excluding carboxylic acids is 2. The molecule has 3 heterocycles. The first kappa shape index (κ1) is 25.4. The number of alkyl halides is 3. The first-order chi connectivity index (χ1) is 17.6. The van der Waals surface area contributed by atoms with Gasteiger partial charge in [-0.1, -0.05) is 18.2 Å². The molecule has 1 aliphatic rings. The molecule has 190 valence electrons. The summed E-state index contributed by atoms with van der Waals surface area (Å²) < 4.78 is 36.5. The van der Waals surface area contributed by atoms with Gasteiger partial charge in [-0.05, 0) is 47.2 Å². The van der Waals surface area contributed by atoms with Crippen molar-refractivity contribution in [3.05, 3.63) is 77.6 Å². The number of H-pyrrole nitrogens is 1. The first-order valence-corrected chi connectivity index (χ1v) is 11.0. The SMILES string of the molecule is COC(=O)c1ccc2cc(-c3cc(-c4cc5c([nH]4)CCNC5=O)ccn3)ccc2c1.O=C(O)C(F)(F)F. The Kier molecular flexibility index (Phi) is 6.96. The number of aliphatic carboxylic acids is 1. The molecule has 2 aromatic carbocycles. The highest BCUT2D eigenvalue weighted by Gasteiger charge is 2.38. The van der Waals surface area contributed by atoms with Gasteiger partial charge in [-0.3, -0.25) is 9.78 Å². The maximum absolute atomic E-state index is 12.1. The van der Waals surface area contributed by atoms with Crippen LogP contribution in [-0.2, 0) is 16.0 Å². The molecule has 0 spiro atoms. The van der Waals surface area contributed by atoms with Crippen LogP contribution in [0.1, 0.15) is 26.4 Å². The molecule has 0 radical (unpaired) electrons. The second-order valence-electron chi connectivity index (χ2n) is 8.08. The fourth-order valence-corrected chi connectivity index (χ4v) is 3.85. The van der Waals surface area contributed by atoms with Crippen molar-refractivity contribution in [2.24, 2.45) is 0 Å². The Hall–Kier alpha value is -4.67. The number of amides is 1. The third kappa shape index (κ3) is 5.61. The second kappa shape index (κ2) is 10.1. The van der Waals surface area contributed by atoms with Crippen molar-refractivity contribution in [3.63, 3.8) is 0 Å². The maximum atomic E-state index is 12.1. The van der Waals surface area contributed by atoms with Crippen LogP contribution in [0.15, 0.2) is 60.8 Å². The van der Waals surface area contributed by atoms with Crippen molar-refractivity contribution in [2.45, 2.75) is 12.6 Å². The number of nitrogens with one attached hydrogen (secondary N) is 2. The van der Waals surface area contributed by atoms with Crippen molar-refractivity contribution in [1.82, 2.24) is 15.3 Å². The van der Waals surface area contributed by atoms with Crippen LogP contribution in [-0.4, -0.2) is 52.8 Å². The molecule has 37 heavy (non-hydrogen) atoms. The van der Waals surface area contributed by atoms with E-state index in [2.05, 4.69) is 21.4 Å². The van der Waals surface area contributed by atoms with E-state index in [1.165, 1.54) is 7.11 Å². The Balaban J connectivity index is 0.000000405. The highest BCUT2D eigenvalue weighted by molar-refractivity contribution is 5.98. The lowest BCUT2D eigenvalue weighted by molar-refractivity contribution is -0.192. The van der Waals surface area contributed by atoms with E-state index >= 15 is 0 Å². The number of ether oxygens (including phenoxy) is 1. The van der Waals surface area contributed by atoms with Crippen LogP contribution >= 0.6 is 0 Å². The Bertz CT molecular complexity index is 1510. The van der Waals surface area contributed by atoms with Crippen molar-refractivity contribution < 1.29 is 37.4 Å². The smallest absolute Gasteiger partial charge is 0.475 e. The van der Waals surface area contributed by atoms with E-state index in [0.717, 1.165) is 45.4 Å². The predicted molar refractivity (Wildman–Crippen MR) is 128 cm³/mol. The largest absolute Gasteiger partial charge is 0.490 e. The summed E-state index contributed by atoms with van der Waals surface area (Å²) in [7, 11) is 1.38. The van der Waals surface area contributed by atoms with Gasteiger partial charge in [0.25, 0.3) is 5.91 Å². The Labute approximate surface area is 208 Å². The predicted octanol–water partition coefficient (Wildman–Crippen LogP) is 4.60. The van der Waals surface area contributed by atoms with Gasteiger partial charge in [0.05, 0.1) is 23.9 Å². The summed E-state index contributed by atoms with van der Waals surface area (Å²) in [4.78, 5) is 40.6. The van der Waals surface area contributed by atoms with E-state index in [9.17, 15) is 22.8 Å². The van der Waals surface area contributed by atoms with Crippen molar-refractivity contribution >= 4 is 28.6 Å². The average molecular weight is 511 g/mol. The lowest BCUT2D eigenvalue weighted by Crippen LogP contribution is -2.31. The van der Waals surface area contributed by atoms with Crippen LogP contribution in [0.25, 0.3) is 33.3 Å². The molecule has 0 saturated heterocycles. The molecular formula is C26H20F3N3O5. The monoisotopic (exact) mass is 511 g/mol. The minimum absolute atomic E-state index is 0.0334. The van der Waals surface area contributed by atoms with Gasteiger partial charge in [-0.2, -0.15) is 13.2 Å². The molecule has 1 aliphatic heterocycles. The second-order valence-corrected chi connectivity index (χ2v) is 8.08. The summed E-state index contributed by atoms with van der Waals surface area (Å²) in [6, 6.07) is 17.4. The van der Waals surface area contributed by atoms with Gasteiger partial charge in [-0.15, -0.1) is 0 Å². The Morgan fingerprint density at radius 2 is 1.70 bits per heavy atom.